The lowest BCUT2D eigenvalue weighted by Crippen LogP contribution is -2.14. The van der Waals surface area contributed by atoms with E-state index in [4.69, 9.17) is 17.3 Å². The quantitative estimate of drug-likeness (QED) is 0.823. The number of aromatic nitrogens is 2. The molecule has 1 heterocycles. The van der Waals surface area contributed by atoms with Crippen LogP contribution in [-0.2, 0) is 0 Å². The van der Waals surface area contributed by atoms with Crippen molar-refractivity contribution in [3.8, 4) is 11.8 Å². The van der Waals surface area contributed by atoms with E-state index in [-0.39, 0.29) is 18.4 Å². The molecule has 1 aromatic heterocycles. The predicted octanol–water partition coefficient (Wildman–Crippen LogP) is 1.69. The normalized spacial score (nSPS) is 9.50. The molecule has 0 aliphatic carbocycles. The van der Waals surface area contributed by atoms with Gasteiger partial charge < -0.3 is 5.73 Å². The molecule has 0 radical (unpaired) electrons. The molecule has 0 aliphatic heterocycles. The summed E-state index contributed by atoms with van der Waals surface area (Å²) in [5.41, 5.74) is 6.33. The highest BCUT2D eigenvalue weighted by atomic mass is 35.5. The minimum Gasteiger partial charge on any atom is -0.320 e. The van der Waals surface area contributed by atoms with E-state index in [9.17, 15) is 4.79 Å². The van der Waals surface area contributed by atoms with Crippen molar-refractivity contribution in [3.05, 3.63) is 52.8 Å². The van der Waals surface area contributed by atoms with E-state index in [0.29, 0.717) is 16.1 Å². The van der Waals surface area contributed by atoms with Gasteiger partial charge in [0.15, 0.2) is 0 Å². The Kier molecular flexibility index (Phi) is 4.66. The van der Waals surface area contributed by atoms with E-state index in [1.54, 1.807) is 36.7 Å². The van der Waals surface area contributed by atoms with E-state index in [2.05, 4.69) is 27.1 Å². The van der Waals surface area contributed by atoms with Crippen molar-refractivity contribution >= 4 is 23.5 Å². The largest absolute Gasteiger partial charge is 0.320 e. The molecular weight excluding hydrogens is 276 g/mol. The minimum atomic E-state index is -0.337. The molecule has 0 atom stereocenters. The fourth-order valence-electron chi connectivity index (χ4n) is 1.44. The summed E-state index contributed by atoms with van der Waals surface area (Å²) in [7, 11) is 0. The summed E-state index contributed by atoms with van der Waals surface area (Å²) < 4.78 is 0. The fourth-order valence-corrected chi connectivity index (χ4v) is 1.67. The standard InChI is InChI=1S/C14H11ClN4O/c15-12-9-11(5-4-10(12)3-1-6-16)13(20)19-14-17-7-2-8-18-14/h2,4-5,7-9H,6,16H2,(H,17,18,19,20). The fraction of sp³-hybridized carbons (Fsp3) is 0.0714. The van der Waals surface area contributed by atoms with Crippen molar-refractivity contribution in [3.63, 3.8) is 0 Å². The highest BCUT2D eigenvalue weighted by molar-refractivity contribution is 6.32. The summed E-state index contributed by atoms with van der Waals surface area (Å²) >= 11 is 6.06. The van der Waals surface area contributed by atoms with Crippen LogP contribution >= 0.6 is 11.6 Å². The van der Waals surface area contributed by atoms with E-state index >= 15 is 0 Å². The summed E-state index contributed by atoms with van der Waals surface area (Å²) in [4.78, 5) is 19.8. The number of benzene rings is 1. The van der Waals surface area contributed by atoms with Gasteiger partial charge in [-0.15, -0.1) is 0 Å². The maximum Gasteiger partial charge on any atom is 0.258 e. The number of hydrogen-bond acceptors (Lipinski definition) is 4. The van der Waals surface area contributed by atoms with Crippen LogP contribution in [0.2, 0.25) is 5.02 Å². The number of halogens is 1. The Balaban J connectivity index is 2.17. The molecule has 6 heteroatoms. The Hall–Kier alpha value is -2.42. The monoisotopic (exact) mass is 286 g/mol. The maximum absolute atomic E-state index is 12.0. The van der Waals surface area contributed by atoms with Gasteiger partial charge in [-0.2, -0.15) is 0 Å². The van der Waals surface area contributed by atoms with Gasteiger partial charge in [-0.3, -0.25) is 10.1 Å². The molecule has 0 spiro atoms. The van der Waals surface area contributed by atoms with Crippen molar-refractivity contribution in [2.45, 2.75) is 0 Å². The van der Waals surface area contributed by atoms with Gasteiger partial charge in [0.1, 0.15) is 0 Å². The van der Waals surface area contributed by atoms with Crippen LogP contribution in [0.3, 0.4) is 0 Å². The first-order valence-corrected chi connectivity index (χ1v) is 6.15. The zero-order valence-corrected chi connectivity index (χ0v) is 11.2. The highest BCUT2D eigenvalue weighted by Crippen LogP contribution is 2.17. The number of nitrogens with zero attached hydrogens (tertiary/aromatic N) is 2. The molecule has 2 rings (SSSR count). The third kappa shape index (κ3) is 3.54. The van der Waals surface area contributed by atoms with E-state index in [1.165, 1.54) is 0 Å². The lowest BCUT2D eigenvalue weighted by molar-refractivity contribution is 0.102. The van der Waals surface area contributed by atoms with Gasteiger partial charge in [-0.1, -0.05) is 23.4 Å². The number of anilines is 1. The second kappa shape index (κ2) is 6.66. The molecule has 2 aromatic rings. The van der Waals surface area contributed by atoms with Crippen molar-refractivity contribution in [2.75, 3.05) is 11.9 Å². The van der Waals surface area contributed by atoms with Gasteiger partial charge >= 0.3 is 0 Å². The van der Waals surface area contributed by atoms with Gasteiger partial charge in [0.25, 0.3) is 5.91 Å². The highest BCUT2D eigenvalue weighted by Gasteiger charge is 2.09. The topological polar surface area (TPSA) is 80.9 Å². The van der Waals surface area contributed by atoms with Crippen LogP contribution < -0.4 is 11.1 Å². The van der Waals surface area contributed by atoms with Crippen molar-refractivity contribution in [2.24, 2.45) is 5.73 Å². The van der Waals surface area contributed by atoms with E-state index < -0.39 is 0 Å². The molecule has 20 heavy (non-hydrogen) atoms. The molecule has 0 saturated heterocycles. The van der Waals surface area contributed by atoms with Gasteiger partial charge in [0, 0.05) is 23.5 Å². The second-order valence-electron chi connectivity index (χ2n) is 3.73. The molecule has 0 bridgehead atoms. The molecule has 5 nitrogen and oxygen atoms in total. The first-order valence-electron chi connectivity index (χ1n) is 5.77. The van der Waals surface area contributed by atoms with Crippen LogP contribution in [0.5, 0.6) is 0 Å². The van der Waals surface area contributed by atoms with Crippen molar-refractivity contribution in [1.29, 1.82) is 0 Å². The number of carbonyl (C=O) groups is 1. The van der Waals surface area contributed by atoms with Crippen LogP contribution in [0, 0.1) is 11.8 Å². The van der Waals surface area contributed by atoms with Crippen LogP contribution in [0.1, 0.15) is 15.9 Å². The Labute approximate surface area is 121 Å². The third-order valence-corrected chi connectivity index (χ3v) is 2.66. The Morgan fingerprint density at radius 1 is 1.35 bits per heavy atom. The van der Waals surface area contributed by atoms with E-state index in [0.717, 1.165) is 0 Å². The molecule has 1 aromatic carbocycles. The summed E-state index contributed by atoms with van der Waals surface area (Å²) in [6.07, 6.45) is 3.09. The maximum atomic E-state index is 12.0. The number of rotatable bonds is 2. The minimum absolute atomic E-state index is 0.237. The predicted molar refractivity (Wildman–Crippen MR) is 77.4 cm³/mol. The smallest absolute Gasteiger partial charge is 0.258 e. The SMILES string of the molecule is NCC#Cc1ccc(C(=O)Nc2ncccn2)cc1Cl. The van der Waals surface area contributed by atoms with Gasteiger partial charge in [0.2, 0.25) is 5.95 Å². The zero-order chi connectivity index (χ0) is 14.4. The summed E-state index contributed by atoms with van der Waals surface area (Å²) in [6.45, 7) is 0.254. The average Bonchev–Trinajstić information content (AvgIpc) is 2.47. The van der Waals surface area contributed by atoms with Crippen molar-refractivity contribution < 1.29 is 4.79 Å². The van der Waals surface area contributed by atoms with E-state index in [1.807, 2.05) is 0 Å². The third-order valence-electron chi connectivity index (χ3n) is 2.35. The number of amides is 1. The molecule has 0 unspecified atom stereocenters. The lowest BCUT2D eigenvalue weighted by Gasteiger charge is -2.04. The Bertz CT molecular complexity index is 677. The molecule has 0 saturated carbocycles. The number of carbonyl (C=O) groups excluding carboxylic acids is 1. The van der Waals surface area contributed by atoms with Crippen LogP contribution in [0.25, 0.3) is 0 Å². The Morgan fingerprint density at radius 3 is 2.75 bits per heavy atom. The Morgan fingerprint density at radius 2 is 2.10 bits per heavy atom. The summed E-state index contributed by atoms with van der Waals surface area (Å²) in [5, 5.41) is 2.97. The average molecular weight is 287 g/mol. The van der Waals surface area contributed by atoms with Gasteiger partial charge in [-0.05, 0) is 24.3 Å². The molecule has 1 amide bonds. The van der Waals surface area contributed by atoms with Crippen LogP contribution in [0.4, 0.5) is 5.95 Å². The summed E-state index contributed by atoms with van der Waals surface area (Å²) in [5.74, 6) is 5.43. The number of nitrogens with one attached hydrogen (secondary N) is 1. The van der Waals surface area contributed by atoms with Gasteiger partial charge in [-0.25, -0.2) is 9.97 Å². The first kappa shape index (κ1) is 14.0. The molecular formula is C14H11ClN4O. The van der Waals surface area contributed by atoms with Crippen LogP contribution in [0.15, 0.2) is 36.7 Å². The summed E-state index contributed by atoms with van der Waals surface area (Å²) in [6, 6.07) is 6.51. The lowest BCUT2D eigenvalue weighted by atomic mass is 10.1. The first-order chi connectivity index (χ1) is 9.70. The number of nitrogens with two attached hydrogens (primary N) is 1. The number of hydrogen-bond donors (Lipinski definition) is 2. The van der Waals surface area contributed by atoms with Crippen LogP contribution in [-0.4, -0.2) is 22.4 Å². The van der Waals surface area contributed by atoms with Gasteiger partial charge in [0.05, 0.1) is 11.6 Å². The molecule has 0 fully saturated rings. The second-order valence-corrected chi connectivity index (χ2v) is 4.13. The van der Waals surface area contributed by atoms with Crippen molar-refractivity contribution in [1.82, 2.24) is 9.97 Å². The molecule has 0 aliphatic rings. The molecule has 100 valence electrons. The molecule has 3 N–H and O–H groups in total. The zero-order valence-electron chi connectivity index (χ0n) is 10.4.